The molecule has 1 aliphatic carbocycles. The number of anilines is 3. The lowest BCUT2D eigenvalue weighted by molar-refractivity contribution is 0.700. The quantitative estimate of drug-likeness (QED) is 0.439. The van der Waals surface area contributed by atoms with Crippen LogP contribution in [0.2, 0.25) is 0 Å². The van der Waals surface area contributed by atoms with Gasteiger partial charge in [-0.15, -0.1) is 11.3 Å². The number of hydrogen-bond donors (Lipinski definition) is 3. The Morgan fingerprint density at radius 2 is 2.08 bits per heavy atom. The van der Waals surface area contributed by atoms with Crippen LogP contribution in [0.5, 0.6) is 0 Å². The molecule has 2 heterocycles. The number of thiophene rings is 1. The van der Waals surface area contributed by atoms with Gasteiger partial charge in [0.2, 0.25) is 0 Å². The lowest BCUT2D eigenvalue weighted by Gasteiger charge is -2.14. The van der Waals surface area contributed by atoms with E-state index in [0.717, 1.165) is 39.0 Å². The Kier molecular flexibility index (Phi) is 3.97. The van der Waals surface area contributed by atoms with Gasteiger partial charge in [-0.2, -0.15) is 0 Å². The molecule has 3 aromatic rings. The molecule has 0 unspecified atom stereocenters. The Labute approximate surface area is 152 Å². The van der Waals surface area contributed by atoms with Crippen molar-refractivity contribution in [3.63, 3.8) is 0 Å². The molecule has 7 heteroatoms. The fourth-order valence-electron chi connectivity index (χ4n) is 3.14. The normalized spacial score (nSPS) is 13.7. The van der Waals surface area contributed by atoms with E-state index in [4.69, 9.17) is 11.1 Å². The lowest BCUT2D eigenvalue weighted by atomic mass is 9.97. The topological polar surface area (TPSA) is 87.7 Å². The molecule has 0 atom stereocenters. The number of nitrogen functional groups attached to an aromatic ring is 1. The first-order valence-corrected chi connectivity index (χ1v) is 9.40. The summed E-state index contributed by atoms with van der Waals surface area (Å²) in [4.78, 5) is 11.4. The van der Waals surface area contributed by atoms with Crippen molar-refractivity contribution < 1.29 is 0 Å². The number of rotatable bonds is 3. The summed E-state index contributed by atoms with van der Waals surface area (Å²) >= 11 is 5.32. The minimum Gasteiger partial charge on any atom is -0.398 e. The van der Waals surface area contributed by atoms with Crippen LogP contribution in [0.1, 0.15) is 28.8 Å². The van der Waals surface area contributed by atoms with Gasteiger partial charge >= 0.3 is 0 Å². The highest BCUT2D eigenvalue weighted by molar-refractivity contribution is 9.10. The van der Waals surface area contributed by atoms with E-state index in [1.807, 2.05) is 12.1 Å². The second-order valence-corrected chi connectivity index (χ2v) is 7.78. The van der Waals surface area contributed by atoms with Crippen molar-refractivity contribution in [2.75, 3.05) is 11.1 Å². The molecule has 1 aliphatic rings. The van der Waals surface area contributed by atoms with Gasteiger partial charge in [0.15, 0.2) is 0 Å². The zero-order valence-electron chi connectivity index (χ0n) is 12.9. The number of halogens is 1. The molecule has 1 aromatic carbocycles. The van der Waals surface area contributed by atoms with Crippen molar-refractivity contribution in [2.45, 2.75) is 25.7 Å². The fraction of sp³-hybridized carbons (Fsp3) is 0.235. The first-order valence-electron chi connectivity index (χ1n) is 7.79. The maximum atomic E-state index is 7.49. The molecule has 122 valence electrons. The number of fused-ring (bicyclic) bond motifs is 3. The molecule has 4 N–H and O–H groups in total. The fourth-order valence-corrected chi connectivity index (χ4v) is 4.83. The third-order valence-corrected chi connectivity index (χ3v) is 6.19. The van der Waals surface area contributed by atoms with E-state index in [-0.39, 0.29) is 0 Å². The molecular formula is C17H16BrN5S. The van der Waals surface area contributed by atoms with Crippen LogP contribution in [-0.2, 0) is 12.8 Å². The van der Waals surface area contributed by atoms with Gasteiger partial charge < -0.3 is 16.5 Å². The van der Waals surface area contributed by atoms with Crippen LogP contribution in [0.4, 0.5) is 17.2 Å². The molecule has 0 amide bonds. The first kappa shape index (κ1) is 15.5. The summed E-state index contributed by atoms with van der Waals surface area (Å²) in [6.45, 7) is 0. The van der Waals surface area contributed by atoms with E-state index in [9.17, 15) is 0 Å². The number of hydrogen-bond acceptors (Lipinski definition) is 6. The van der Waals surface area contributed by atoms with E-state index in [1.165, 1.54) is 29.5 Å². The Bertz CT molecular complexity index is 950. The van der Waals surface area contributed by atoms with Crippen LogP contribution < -0.4 is 11.1 Å². The molecule has 5 nitrogen and oxygen atoms in total. The van der Waals surface area contributed by atoms with Crippen LogP contribution in [0.15, 0.2) is 22.9 Å². The molecule has 0 fully saturated rings. The number of benzene rings is 1. The zero-order chi connectivity index (χ0) is 16.7. The highest BCUT2D eigenvalue weighted by Gasteiger charge is 2.20. The molecule has 0 saturated carbocycles. The van der Waals surface area contributed by atoms with Gasteiger partial charge in [-0.3, -0.25) is 0 Å². The van der Waals surface area contributed by atoms with Crippen molar-refractivity contribution in [3.05, 3.63) is 38.9 Å². The third kappa shape index (κ3) is 2.57. The van der Waals surface area contributed by atoms with Gasteiger partial charge in [-0.1, -0.05) is 0 Å². The van der Waals surface area contributed by atoms with Crippen LogP contribution in [0.25, 0.3) is 10.2 Å². The summed E-state index contributed by atoms with van der Waals surface area (Å²) in [6.07, 6.45) is 7.56. The van der Waals surface area contributed by atoms with E-state index in [2.05, 4.69) is 31.2 Å². The average molecular weight is 402 g/mol. The predicted octanol–water partition coefficient (Wildman–Crippen LogP) is 4.66. The van der Waals surface area contributed by atoms with Gasteiger partial charge in [-0.05, 0) is 59.3 Å². The van der Waals surface area contributed by atoms with E-state index in [1.54, 1.807) is 17.7 Å². The summed E-state index contributed by atoms with van der Waals surface area (Å²) in [7, 11) is 0. The number of nitrogens with two attached hydrogens (primary N) is 1. The number of nitrogens with one attached hydrogen (secondary N) is 2. The standard InChI is InChI=1S/C17H16BrN5S/c18-11-6-12(20)9(7-19)5-13(11)23-16-15-10-3-1-2-4-14(10)24-17(15)22-8-21-16/h5-8,19H,1-4,20H2,(H,21,22,23). The summed E-state index contributed by atoms with van der Waals surface area (Å²) in [5.74, 6) is 0.820. The molecule has 0 radical (unpaired) electrons. The highest BCUT2D eigenvalue weighted by atomic mass is 79.9. The second-order valence-electron chi connectivity index (χ2n) is 5.84. The van der Waals surface area contributed by atoms with Crippen LogP contribution in [0.3, 0.4) is 0 Å². The summed E-state index contributed by atoms with van der Waals surface area (Å²) in [5.41, 5.74) is 9.42. The van der Waals surface area contributed by atoms with Crippen LogP contribution >= 0.6 is 27.3 Å². The maximum Gasteiger partial charge on any atom is 0.142 e. The molecular weight excluding hydrogens is 386 g/mol. The SMILES string of the molecule is N=Cc1cc(Nc2ncnc3sc4c(c23)CCCC4)c(Br)cc1N. The summed E-state index contributed by atoms with van der Waals surface area (Å²) in [5, 5.41) is 12.0. The smallest absolute Gasteiger partial charge is 0.142 e. The molecule has 0 spiro atoms. The molecule has 0 bridgehead atoms. The van der Waals surface area contributed by atoms with Gasteiger partial charge in [0.1, 0.15) is 17.0 Å². The molecule has 24 heavy (non-hydrogen) atoms. The Morgan fingerprint density at radius 1 is 1.25 bits per heavy atom. The van der Waals surface area contributed by atoms with E-state index >= 15 is 0 Å². The number of aromatic nitrogens is 2. The Morgan fingerprint density at radius 3 is 2.92 bits per heavy atom. The Hall–Kier alpha value is -1.99. The van der Waals surface area contributed by atoms with Crippen LogP contribution in [0, 0.1) is 5.41 Å². The van der Waals surface area contributed by atoms with Crippen molar-refractivity contribution in [3.8, 4) is 0 Å². The largest absolute Gasteiger partial charge is 0.398 e. The summed E-state index contributed by atoms with van der Waals surface area (Å²) in [6, 6.07) is 3.67. The average Bonchev–Trinajstić information content (AvgIpc) is 2.96. The van der Waals surface area contributed by atoms with Gasteiger partial charge in [0.05, 0.1) is 11.1 Å². The van der Waals surface area contributed by atoms with Gasteiger partial charge in [0.25, 0.3) is 0 Å². The lowest BCUT2D eigenvalue weighted by Crippen LogP contribution is -2.02. The van der Waals surface area contributed by atoms with Crippen molar-refractivity contribution in [1.82, 2.24) is 9.97 Å². The monoisotopic (exact) mass is 401 g/mol. The van der Waals surface area contributed by atoms with Gasteiger partial charge in [-0.25, -0.2) is 9.97 Å². The van der Waals surface area contributed by atoms with Crippen molar-refractivity contribution in [1.29, 1.82) is 5.41 Å². The zero-order valence-corrected chi connectivity index (χ0v) is 15.3. The molecule has 4 rings (SSSR count). The number of aryl methyl sites for hydroxylation is 2. The van der Waals surface area contributed by atoms with Crippen LogP contribution in [-0.4, -0.2) is 16.2 Å². The van der Waals surface area contributed by atoms with Gasteiger partial charge in [0, 0.05) is 26.8 Å². The highest BCUT2D eigenvalue weighted by Crippen LogP contribution is 2.39. The first-order chi connectivity index (χ1) is 11.7. The minimum atomic E-state index is 0.572. The minimum absolute atomic E-state index is 0.572. The van der Waals surface area contributed by atoms with E-state index in [0.29, 0.717) is 11.3 Å². The molecule has 0 saturated heterocycles. The maximum absolute atomic E-state index is 7.49. The van der Waals surface area contributed by atoms with Crippen molar-refractivity contribution in [2.24, 2.45) is 0 Å². The third-order valence-electron chi connectivity index (χ3n) is 4.33. The predicted molar refractivity (Wildman–Crippen MR) is 104 cm³/mol. The van der Waals surface area contributed by atoms with Crippen molar-refractivity contribution >= 4 is 60.9 Å². The Balaban J connectivity index is 1.83. The molecule has 2 aromatic heterocycles. The second kappa shape index (κ2) is 6.14. The number of nitrogens with zero attached hydrogens (tertiary/aromatic N) is 2. The molecule has 0 aliphatic heterocycles. The van der Waals surface area contributed by atoms with E-state index < -0.39 is 0 Å². The summed E-state index contributed by atoms with van der Waals surface area (Å²) < 4.78 is 0.849.